The first-order chi connectivity index (χ1) is 20.7. The number of carbonyl (C=O) groups excluding carboxylic acids is 3. The van der Waals surface area contributed by atoms with Crippen molar-refractivity contribution in [1.82, 2.24) is 16.0 Å². The fraction of sp³-hybridized carbons (Fsp3) is 0.357. The van der Waals surface area contributed by atoms with E-state index in [2.05, 4.69) is 20.9 Å². The van der Waals surface area contributed by atoms with Gasteiger partial charge in [0, 0.05) is 19.4 Å². The summed E-state index contributed by atoms with van der Waals surface area (Å²) < 4.78 is 0. The molecule has 0 fully saturated rings. The highest BCUT2D eigenvalue weighted by Crippen LogP contribution is 2.14. The lowest BCUT2D eigenvalue weighted by Gasteiger charge is -2.25. The van der Waals surface area contributed by atoms with Crippen LogP contribution in [-0.2, 0) is 36.8 Å². The minimum atomic E-state index is -1.47. The number of carboxylic acids is 2. The van der Waals surface area contributed by atoms with E-state index in [1.807, 2.05) is 0 Å². The molecular formula is C28H37N7O9. The van der Waals surface area contributed by atoms with Gasteiger partial charge >= 0.3 is 11.9 Å². The van der Waals surface area contributed by atoms with E-state index in [0.29, 0.717) is 11.1 Å². The Hall–Kier alpha value is -5.38. The monoisotopic (exact) mass is 615 g/mol. The van der Waals surface area contributed by atoms with Crippen LogP contribution in [0.4, 0.5) is 0 Å². The lowest BCUT2D eigenvalue weighted by molar-refractivity contribution is -0.142. The Morgan fingerprint density at radius 3 is 1.64 bits per heavy atom. The maximum absolute atomic E-state index is 13.5. The Bertz CT molecular complexity index is 1330. The average Bonchev–Trinajstić information content (AvgIpc) is 2.95. The SMILES string of the molecule is NC(N)=NCCCC(NC(=O)C(Cc1ccc(O)cc1)NC(=O)C(N)CC(=O)O)C(=O)NC(Cc1ccc(O)cc1)C(=O)O. The van der Waals surface area contributed by atoms with Gasteiger partial charge in [-0.25, -0.2) is 4.79 Å². The van der Waals surface area contributed by atoms with Gasteiger partial charge in [-0.3, -0.25) is 24.2 Å². The fourth-order valence-corrected chi connectivity index (χ4v) is 4.02. The summed E-state index contributed by atoms with van der Waals surface area (Å²) >= 11 is 0. The van der Waals surface area contributed by atoms with Gasteiger partial charge in [0.15, 0.2) is 5.96 Å². The molecule has 0 aliphatic carbocycles. The van der Waals surface area contributed by atoms with Gasteiger partial charge in [0.05, 0.1) is 12.5 Å². The van der Waals surface area contributed by atoms with Crippen LogP contribution in [0.5, 0.6) is 11.5 Å². The standard InChI is InChI=1S/C28H37N7O9/c29-19(14-23(38)39)24(40)34-21(12-15-3-7-17(36)8-4-15)26(42)33-20(2-1-11-32-28(30)31)25(41)35-22(27(43)44)13-16-5-9-18(37)10-6-16/h3-10,19-22,36-37H,1-2,11-14,29H2,(H,33,42)(H,34,40)(H,35,41)(H,38,39)(H,43,44)(H4,30,31,32). The molecule has 44 heavy (non-hydrogen) atoms. The third-order valence-electron chi connectivity index (χ3n) is 6.31. The van der Waals surface area contributed by atoms with Gasteiger partial charge in [-0.05, 0) is 48.2 Å². The zero-order valence-electron chi connectivity index (χ0n) is 23.7. The third kappa shape index (κ3) is 12.2. The van der Waals surface area contributed by atoms with E-state index in [4.69, 9.17) is 22.3 Å². The maximum Gasteiger partial charge on any atom is 0.326 e. The highest BCUT2D eigenvalue weighted by Gasteiger charge is 2.31. The molecule has 0 spiro atoms. The summed E-state index contributed by atoms with van der Waals surface area (Å²) in [7, 11) is 0. The summed E-state index contributed by atoms with van der Waals surface area (Å²) in [6, 6.07) is 5.94. The first-order valence-corrected chi connectivity index (χ1v) is 13.5. The summed E-state index contributed by atoms with van der Waals surface area (Å²) in [4.78, 5) is 66.3. The number of carbonyl (C=O) groups is 5. The van der Waals surface area contributed by atoms with E-state index >= 15 is 0 Å². The molecule has 0 radical (unpaired) electrons. The first kappa shape index (κ1) is 34.8. The van der Waals surface area contributed by atoms with Crippen molar-refractivity contribution in [3.8, 4) is 11.5 Å². The Balaban J connectivity index is 2.29. The quantitative estimate of drug-likeness (QED) is 0.0540. The molecule has 0 aromatic heterocycles. The first-order valence-electron chi connectivity index (χ1n) is 13.5. The van der Waals surface area contributed by atoms with E-state index in [1.165, 1.54) is 48.5 Å². The van der Waals surface area contributed by atoms with Crippen molar-refractivity contribution in [2.45, 2.75) is 56.3 Å². The lowest BCUT2D eigenvalue weighted by Crippen LogP contribution is -2.58. The number of nitrogens with one attached hydrogen (secondary N) is 3. The summed E-state index contributed by atoms with van der Waals surface area (Å²) in [5, 5.41) is 45.2. The highest BCUT2D eigenvalue weighted by molar-refractivity contribution is 5.95. The Kier molecular flexibility index (Phi) is 13.4. The number of nitrogens with zero attached hydrogens (tertiary/aromatic N) is 1. The molecule has 13 N–H and O–H groups in total. The zero-order valence-corrected chi connectivity index (χ0v) is 23.7. The molecule has 2 aromatic carbocycles. The van der Waals surface area contributed by atoms with E-state index in [1.54, 1.807) is 0 Å². The number of nitrogens with two attached hydrogens (primary N) is 3. The maximum atomic E-state index is 13.5. The van der Waals surface area contributed by atoms with Crippen molar-refractivity contribution < 1.29 is 44.4 Å². The molecule has 3 amide bonds. The average molecular weight is 616 g/mol. The van der Waals surface area contributed by atoms with Gasteiger partial charge in [0.1, 0.15) is 29.6 Å². The summed E-state index contributed by atoms with van der Waals surface area (Å²) in [6.07, 6.45) is -0.787. The van der Waals surface area contributed by atoms with Gasteiger partial charge in [0.25, 0.3) is 0 Å². The summed E-state index contributed by atoms with van der Waals surface area (Å²) in [5.74, 6) is -5.55. The van der Waals surface area contributed by atoms with Crippen LogP contribution in [0.1, 0.15) is 30.4 Å². The minimum absolute atomic E-state index is 0.0222. The van der Waals surface area contributed by atoms with Crippen molar-refractivity contribution >= 4 is 35.6 Å². The van der Waals surface area contributed by atoms with Crippen LogP contribution in [0.25, 0.3) is 0 Å². The molecule has 2 rings (SSSR count). The second-order valence-corrected chi connectivity index (χ2v) is 9.92. The summed E-state index contributed by atoms with van der Waals surface area (Å²) in [6.45, 7) is 0.0928. The molecule has 4 atom stereocenters. The number of aromatic hydroxyl groups is 2. The molecule has 16 nitrogen and oxygen atoms in total. The predicted octanol–water partition coefficient (Wildman–Crippen LogP) is -1.72. The molecule has 2 aromatic rings. The second-order valence-electron chi connectivity index (χ2n) is 9.92. The molecule has 16 heteroatoms. The third-order valence-corrected chi connectivity index (χ3v) is 6.31. The molecule has 0 heterocycles. The van der Waals surface area contributed by atoms with E-state index < -0.39 is 60.2 Å². The number of aliphatic imine (C=N–C) groups is 1. The van der Waals surface area contributed by atoms with Crippen LogP contribution in [0.3, 0.4) is 0 Å². The van der Waals surface area contributed by atoms with Crippen molar-refractivity contribution in [3.63, 3.8) is 0 Å². The molecule has 0 aliphatic rings. The number of hydrogen-bond donors (Lipinski definition) is 10. The van der Waals surface area contributed by atoms with Crippen molar-refractivity contribution in [3.05, 3.63) is 59.7 Å². The van der Waals surface area contributed by atoms with Gasteiger partial charge < -0.3 is 53.6 Å². The minimum Gasteiger partial charge on any atom is -0.508 e. The summed E-state index contributed by atoms with van der Waals surface area (Å²) in [5.41, 5.74) is 17.4. The predicted molar refractivity (Wildman–Crippen MR) is 157 cm³/mol. The smallest absolute Gasteiger partial charge is 0.326 e. The van der Waals surface area contributed by atoms with E-state index in [0.717, 1.165) is 0 Å². The van der Waals surface area contributed by atoms with Crippen molar-refractivity contribution in [2.75, 3.05) is 6.54 Å². The largest absolute Gasteiger partial charge is 0.508 e. The van der Waals surface area contributed by atoms with Crippen LogP contribution in [0, 0.1) is 0 Å². The zero-order chi connectivity index (χ0) is 32.8. The van der Waals surface area contributed by atoms with Gasteiger partial charge in [-0.1, -0.05) is 24.3 Å². The fourth-order valence-electron chi connectivity index (χ4n) is 4.02. The number of phenolic OH excluding ortho intramolecular Hbond substituents is 2. The van der Waals surface area contributed by atoms with E-state index in [-0.39, 0.29) is 49.7 Å². The number of phenols is 2. The van der Waals surface area contributed by atoms with Gasteiger partial charge in [-0.2, -0.15) is 0 Å². The number of aliphatic carboxylic acids is 2. The number of rotatable bonds is 17. The lowest BCUT2D eigenvalue weighted by atomic mass is 10.0. The van der Waals surface area contributed by atoms with Gasteiger partial charge in [0.2, 0.25) is 17.7 Å². The van der Waals surface area contributed by atoms with Crippen molar-refractivity contribution in [1.29, 1.82) is 0 Å². The topological polar surface area (TPSA) is 293 Å². The molecule has 0 bridgehead atoms. The highest BCUT2D eigenvalue weighted by atomic mass is 16.4. The van der Waals surface area contributed by atoms with Crippen LogP contribution in [-0.4, -0.2) is 86.8 Å². The molecule has 0 saturated carbocycles. The Morgan fingerprint density at radius 2 is 1.16 bits per heavy atom. The molecule has 4 unspecified atom stereocenters. The normalized spacial score (nSPS) is 13.4. The van der Waals surface area contributed by atoms with Crippen LogP contribution in [0.15, 0.2) is 53.5 Å². The van der Waals surface area contributed by atoms with Crippen LogP contribution in [0.2, 0.25) is 0 Å². The van der Waals surface area contributed by atoms with E-state index in [9.17, 15) is 39.3 Å². The number of amides is 3. The number of carboxylic acid groups (broad SMARTS) is 2. The Morgan fingerprint density at radius 1 is 0.705 bits per heavy atom. The number of hydrogen-bond acceptors (Lipinski definition) is 9. The van der Waals surface area contributed by atoms with Crippen LogP contribution < -0.4 is 33.2 Å². The second kappa shape index (κ2) is 16.9. The van der Waals surface area contributed by atoms with Crippen molar-refractivity contribution in [2.24, 2.45) is 22.2 Å². The number of benzene rings is 2. The van der Waals surface area contributed by atoms with Crippen LogP contribution >= 0.6 is 0 Å². The van der Waals surface area contributed by atoms with Gasteiger partial charge in [-0.15, -0.1) is 0 Å². The molecule has 0 aliphatic heterocycles. The molecular weight excluding hydrogens is 578 g/mol. The Labute approximate surface area is 252 Å². The molecule has 0 saturated heterocycles. The molecule has 238 valence electrons. The number of guanidine groups is 1.